The summed E-state index contributed by atoms with van der Waals surface area (Å²) in [5.74, 6) is 0.341. The van der Waals surface area contributed by atoms with Gasteiger partial charge in [-0.15, -0.1) is 0 Å². The minimum atomic E-state index is -0.761. The molecular formula is C30H36N2O7. The second-order valence-electron chi connectivity index (χ2n) is 10.1. The Labute approximate surface area is 228 Å². The number of aliphatic hydroxyl groups is 1. The SMILES string of the molecule is CCOc1ccc(C2C(=C(O)c3ccc4c(c3)CC(C)O4)C(=O)C(=O)N2CCCN2CCOCC2)cc1OC. The van der Waals surface area contributed by atoms with E-state index in [0.717, 1.165) is 30.9 Å². The molecule has 2 atom stereocenters. The molecular weight excluding hydrogens is 500 g/mol. The zero-order valence-electron chi connectivity index (χ0n) is 22.8. The molecule has 5 rings (SSSR count). The van der Waals surface area contributed by atoms with Crippen LogP contribution in [0, 0.1) is 0 Å². The molecule has 1 amide bonds. The van der Waals surface area contributed by atoms with E-state index < -0.39 is 17.7 Å². The Kier molecular flexibility index (Phi) is 8.09. The van der Waals surface area contributed by atoms with Crippen molar-refractivity contribution in [2.24, 2.45) is 0 Å². The fraction of sp³-hybridized carbons (Fsp3) is 0.467. The maximum atomic E-state index is 13.5. The van der Waals surface area contributed by atoms with Gasteiger partial charge in [-0.25, -0.2) is 0 Å². The Morgan fingerprint density at radius 3 is 2.62 bits per heavy atom. The van der Waals surface area contributed by atoms with Gasteiger partial charge in [0.05, 0.1) is 38.5 Å². The Hall–Kier alpha value is -3.56. The van der Waals surface area contributed by atoms with E-state index in [0.29, 0.717) is 61.8 Å². The number of ether oxygens (including phenoxy) is 4. The lowest BCUT2D eigenvalue weighted by molar-refractivity contribution is -0.140. The number of rotatable bonds is 9. The van der Waals surface area contributed by atoms with Crippen LogP contribution in [-0.4, -0.2) is 85.8 Å². The minimum absolute atomic E-state index is 0.0470. The Morgan fingerprint density at radius 2 is 1.87 bits per heavy atom. The molecule has 0 saturated carbocycles. The lowest BCUT2D eigenvalue weighted by Gasteiger charge is -2.29. The van der Waals surface area contributed by atoms with Crippen LogP contribution in [0.5, 0.6) is 17.2 Å². The van der Waals surface area contributed by atoms with Crippen LogP contribution in [-0.2, 0) is 20.7 Å². The topological polar surface area (TPSA) is 97.8 Å². The van der Waals surface area contributed by atoms with Crippen LogP contribution in [0.2, 0.25) is 0 Å². The van der Waals surface area contributed by atoms with Crippen LogP contribution in [0.15, 0.2) is 42.0 Å². The van der Waals surface area contributed by atoms with Gasteiger partial charge in [-0.1, -0.05) is 6.07 Å². The Morgan fingerprint density at radius 1 is 1.08 bits per heavy atom. The third-order valence-electron chi connectivity index (χ3n) is 7.49. The fourth-order valence-electron chi connectivity index (χ4n) is 5.60. The zero-order chi connectivity index (χ0) is 27.5. The van der Waals surface area contributed by atoms with Crippen molar-refractivity contribution in [1.82, 2.24) is 9.80 Å². The summed E-state index contributed by atoms with van der Waals surface area (Å²) in [5, 5.41) is 11.5. The molecule has 9 heteroatoms. The number of methoxy groups -OCH3 is 1. The van der Waals surface area contributed by atoms with Crippen LogP contribution in [0.1, 0.15) is 43.0 Å². The number of benzene rings is 2. The van der Waals surface area contributed by atoms with Crippen molar-refractivity contribution in [1.29, 1.82) is 0 Å². The molecule has 0 bridgehead atoms. The first kappa shape index (κ1) is 27.0. The summed E-state index contributed by atoms with van der Waals surface area (Å²) in [6.07, 6.45) is 1.45. The summed E-state index contributed by atoms with van der Waals surface area (Å²) in [6.45, 7) is 8.58. The van der Waals surface area contributed by atoms with Gasteiger partial charge in [0.15, 0.2) is 11.5 Å². The monoisotopic (exact) mass is 536 g/mol. The van der Waals surface area contributed by atoms with Crippen molar-refractivity contribution < 1.29 is 33.6 Å². The van der Waals surface area contributed by atoms with Crippen molar-refractivity contribution in [3.63, 3.8) is 0 Å². The number of nitrogens with zero attached hydrogens (tertiary/aromatic N) is 2. The predicted octanol–water partition coefficient (Wildman–Crippen LogP) is 3.56. The van der Waals surface area contributed by atoms with Gasteiger partial charge in [-0.05, 0) is 61.7 Å². The number of likely N-dealkylation sites (tertiary alicyclic amines) is 1. The zero-order valence-corrected chi connectivity index (χ0v) is 22.8. The molecule has 9 nitrogen and oxygen atoms in total. The number of hydrogen-bond acceptors (Lipinski definition) is 8. The highest BCUT2D eigenvalue weighted by Crippen LogP contribution is 2.43. The largest absolute Gasteiger partial charge is 0.507 e. The van der Waals surface area contributed by atoms with E-state index in [-0.39, 0.29) is 17.4 Å². The van der Waals surface area contributed by atoms with Gasteiger partial charge in [0.2, 0.25) is 0 Å². The first-order valence-electron chi connectivity index (χ1n) is 13.6. The quantitative estimate of drug-likeness (QED) is 0.295. The molecule has 3 aliphatic rings. The van der Waals surface area contributed by atoms with Gasteiger partial charge < -0.3 is 29.0 Å². The number of morpholine rings is 1. The van der Waals surface area contributed by atoms with Crippen LogP contribution in [0.25, 0.3) is 5.76 Å². The molecule has 0 aliphatic carbocycles. The summed E-state index contributed by atoms with van der Waals surface area (Å²) < 4.78 is 22.5. The predicted molar refractivity (Wildman–Crippen MR) is 145 cm³/mol. The maximum absolute atomic E-state index is 13.5. The van der Waals surface area contributed by atoms with Crippen molar-refractivity contribution in [2.75, 3.05) is 53.1 Å². The Bertz CT molecular complexity index is 1270. The number of Topliss-reactive ketones (excluding diaryl/α,β-unsaturated/α-hetero) is 1. The average molecular weight is 537 g/mol. The molecule has 39 heavy (non-hydrogen) atoms. The van der Waals surface area contributed by atoms with Crippen LogP contribution >= 0.6 is 0 Å². The van der Waals surface area contributed by atoms with E-state index >= 15 is 0 Å². The maximum Gasteiger partial charge on any atom is 0.295 e. The molecule has 208 valence electrons. The minimum Gasteiger partial charge on any atom is -0.507 e. The smallest absolute Gasteiger partial charge is 0.295 e. The van der Waals surface area contributed by atoms with Crippen molar-refractivity contribution in [3.05, 3.63) is 58.7 Å². The highest BCUT2D eigenvalue weighted by atomic mass is 16.5. The van der Waals surface area contributed by atoms with Crippen LogP contribution < -0.4 is 14.2 Å². The fourth-order valence-corrected chi connectivity index (χ4v) is 5.60. The highest BCUT2D eigenvalue weighted by molar-refractivity contribution is 6.46. The lowest BCUT2D eigenvalue weighted by atomic mass is 9.94. The van der Waals surface area contributed by atoms with E-state index in [1.807, 2.05) is 26.0 Å². The normalized spacial score (nSPS) is 22.6. The van der Waals surface area contributed by atoms with Crippen molar-refractivity contribution in [3.8, 4) is 17.2 Å². The van der Waals surface area contributed by atoms with Gasteiger partial charge in [0.25, 0.3) is 11.7 Å². The number of hydrogen-bond donors (Lipinski definition) is 1. The number of carbonyl (C=O) groups excluding carboxylic acids is 2. The van der Waals surface area contributed by atoms with E-state index in [1.165, 1.54) is 0 Å². The average Bonchev–Trinajstić information content (AvgIpc) is 3.44. The molecule has 1 N–H and O–H groups in total. The van der Waals surface area contributed by atoms with Gasteiger partial charge in [0.1, 0.15) is 17.6 Å². The van der Waals surface area contributed by atoms with Gasteiger partial charge in [-0.3, -0.25) is 14.5 Å². The third-order valence-corrected chi connectivity index (χ3v) is 7.49. The Balaban J connectivity index is 1.52. The summed E-state index contributed by atoms with van der Waals surface area (Å²) in [5.41, 5.74) is 2.19. The number of fused-ring (bicyclic) bond motifs is 1. The van der Waals surface area contributed by atoms with Crippen LogP contribution in [0.3, 0.4) is 0 Å². The first-order valence-corrected chi connectivity index (χ1v) is 13.6. The summed E-state index contributed by atoms with van der Waals surface area (Å²) >= 11 is 0. The highest BCUT2D eigenvalue weighted by Gasteiger charge is 2.46. The molecule has 2 aromatic carbocycles. The number of aliphatic hydroxyl groups excluding tert-OH is 1. The summed E-state index contributed by atoms with van der Waals surface area (Å²) in [7, 11) is 1.55. The van der Waals surface area contributed by atoms with Gasteiger partial charge in [-0.2, -0.15) is 0 Å². The first-order chi connectivity index (χ1) is 18.9. The number of amides is 1. The molecule has 2 fully saturated rings. The lowest BCUT2D eigenvalue weighted by Crippen LogP contribution is -2.39. The summed E-state index contributed by atoms with van der Waals surface area (Å²) in [6, 6.07) is 10.00. The molecule has 2 unspecified atom stereocenters. The van der Waals surface area contributed by atoms with Gasteiger partial charge >= 0.3 is 0 Å². The molecule has 2 saturated heterocycles. The van der Waals surface area contributed by atoms with E-state index in [9.17, 15) is 14.7 Å². The van der Waals surface area contributed by atoms with Gasteiger partial charge in [0, 0.05) is 38.2 Å². The standard InChI is InChI=1S/C30H36N2O7/c1-4-38-24-9-6-20(18-25(24)36-3)27-26(28(33)21-7-8-23-22(17-21)16-19(2)39-23)29(34)30(35)32(27)11-5-10-31-12-14-37-15-13-31/h6-9,17-19,27,33H,4-5,10-16H2,1-3H3. The molecule has 0 radical (unpaired) electrons. The van der Waals surface area contributed by atoms with Crippen molar-refractivity contribution in [2.45, 2.75) is 38.8 Å². The van der Waals surface area contributed by atoms with Crippen molar-refractivity contribution >= 4 is 17.4 Å². The molecule has 3 heterocycles. The second kappa shape index (κ2) is 11.7. The molecule has 0 spiro atoms. The molecule has 0 aromatic heterocycles. The molecule has 3 aliphatic heterocycles. The second-order valence-corrected chi connectivity index (χ2v) is 10.1. The summed E-state index contributed by atoms with van der Waals surface area (Å²) in [4.78, 5) is 30.7. The number of ketones is 1. The molecule has 2 aromatic rings. The van der Waals surface area contributed by atoms with E-state index in [1.54, 1.807) is 36.3 Å². The van der Waals surface area contributed by atoms with E-state index in [2.05, 4.69) is 4.90 Å². The third kappa shape index (κ3) is 5.46. The number of carbonyl (C=O) groups is 2. The van der Waals surface area contributed by atoms with Crippen LogP contribution in [0.4, 0.5) is 0 Å². The van der Waals surface area contributed by atoms with E-state index in [4.69, 9.17) is 18.9 Å².